The molecule has 0 aliphatic rings. The van der Waals surface area contributed by atoms with E-state index in [1.165, 1.54) is 9.91 Å². The molecule has 0 N–H and O–H groups in total. The Morgan fingerprint density at radius 2 is 2.60 bits per heavy atom. The van der Waals surface area contributed by atoms with Crippen molar-refractivity contribution in [2.45, 2.75) is 13.3 Å². The summed E-state index contributed by atoms with van der Waals surface area (Å²) < 4.78 is 0. The Morgan fingerprint density at radius 3 is 2.60 bits per heavy atom. The average molecular weight is 106 g/mol. The zero-order valence-electron chi connectivity index (χ0n) is 3.10. The molecule has 5 heavy (non-hydrogen) atoms. The fourth-order valence-corrected chi connectivity index (χ4v) is 0.612. The fourth-order valence-electron chi connectivity index (χ4n) is 0.0680. The zero-order chi connectivity index (χ0) is 4.12. The summed E-state index contributed by atoms with van der Waals surface area (Å²) in [7, 11) is 1.36. The van der Waals surface area contributed by atoms with Crippen molar-refractivity contribution in [1.29, 1.82) is 0 Å². The summed E-state index contributed by atoms with van der Waals surface area (Å²) >= 11 is 4.51. The van der Waals surface area contributed by atoms with E-state index in [-0.39, 0.29) is 0 Å². The monoisotopic (exact) mass is 106 g/mol. The van der Waals surface area contributed by atoms with Crippen LogP contribution in [0.2, 0.25) is 0 Å². The third-order valence-corrected chi connectivity index (χ3v) is 1.11. The van der Waals surface area contributed by atoms with Gasteiger partial charge >= 0.3 is 0 Å². The minimum Gasteiger partial charge on any atom is -0.0816 e. The molecule has 0 fully saturated rings. The largest absolute Gasteiger partial charge is 0.0816 e. The van der Waals surface area contributed by atoms with Crippen LogP contribution in [-0.2, 0) is 21.1 Å². The third-order valence-electron chi connectivity index (χ3n) is 0.235. The lowest BCUT2D eigenvalue weighted by molar-refractivity contribution is 1.35. The second kappa shape index (κ2) is 4.31. The van der Waals surface area contributed by atoms with Gasteiger partial charge in [0.1, 0.15) is 0 Å². The molecule has 0 spiro atoms. The first-order valence-electron chi connectivity index (χ1n) is 1.52. The third kappa shape index (κ3) is 4.31. The quantitative estimate of drug-likeness (QED) is 0.444. The Morgan fingerprint density at radius 1 is 2.00 bits per heavy atom. The maximum Gasteiger partial charge on any atom is -0.0128 e. The second-order valence-corrected chi connectivity index (χ2v) is 1.77. The molecule has 30 valence electrons. The molecule has 0 aromatic carbocycles. The second-order valence-electron chi connectivity index (χ2n) is 0.671. The summed E-state index contributed by atoms with van der Waals surface area (Å²) in [5, 5.41) is 1.98. The summed E-state index contributed by atoms with van der Waals surface area (Å²) in [6.07, 6.45) is 1.08. The highest BCUT2D eigenvalue weighted by Crippen LogP contribution is 1.56. The molecule has 0 aliphatic heterocycles. The van der Waals surface area contributed by atoms with Gasteiger partial charge < -0.3 is 0 Å². The van der Waals surface area contributed by atoms with Gasteiger partial charge in [-0.2, -0.15) is 0 Å². The van der Waals surface area contributed by atoms with Crippen molar-refractivity contribution in [1.82, 2.24) is 0 Å². The molecule has 0 saturated carbocycles. The van der Waals surface area contributed by atoms with Crippen LogP contribution in [0.3, 0.4) is 0 Å². The molecular weight excluding hydrogens is 100 g/mol. The fraction of sp³-hybridized carbons (Fsp3) is 0.667. The van der Waals surface area contributed by atoms with Gasteiger partial charge in [-0.1, -0.05) is 16.8 Å². The van der Waals surface area contributed by atoms with Gasteiger partial charge in [0, 0.05) is 0 Å². The minimum atomic E-state index is 1.08. The predicted octanol–water partition coefficient (Wildman–Crippen LogP) is 0.743. The Kier molecular flexibility index (Phi) is 4.58. The molecule has 0 nitrogen and oxygen atoms in total. The Labute approximate surface area is 40.4 Å². The van der Waals surface area contributed by atoms with Crippen LogP contribution in [0.4, 0.5) is 0 Å². The summed E-state index contributed by atoms with van der Waals surface area (Å²) in [6.45, 7) is 2.07. The molecule has 0 unspecified atom stereocenters. The van der Waals surface area contributed by atoms with E-state index in [9.17, 15) is 0 Å². The van der Waals surface area contributed by atoms with Gasteiger partial charge in [0.2, 0.25) is 0 Å². The standard InChI is InChI=1S/C3H6S2/c1-2-3-5-4/h3H,2H2,1H3. The Hall–Kier alpha value is 0.310. The number of hydrogen-bond acceptors (Lipinski definition) is 1. The lowest BCUT2D eigenvalue weighted by Crippen LogP contribution is -1.57. The highest BCUT2D eigenvalue weighted by Gasteiger charge is 1.50. The van der Waals surface area contributed by atoms with Gasteiger partial charge in [0.15, 0.2) is 0 Å². The molecule has 0 bridgehead atoms. The van der Waals surface area contributed by atoms with Crippen molar-refractivity contribution in [3.8, 4) is 0 Å². The van der Waals surface area contributed by atoms with Crippen LogP contribution < -0.4 is 0 Å². The van der Waals surface area contributed by atoms with Crippen molar-refractivity contribution < 1.29 is 0 Å². The van der Waals surface area contributed by atoms with E-state index < -0.39 is 0 Å². The normalized spacial score (nSPS) is 6.60. The van der Waals surface area contributed by atoms with E-state index in [2.05, 4.69) is 18.1 Å². The Bertz CT molecular complexity index is 51.9. The van der Waals surface area contributed by atoms with Gasteiger partial charge in [0.25, 0.3) is 0 Å². The van der Waals surface area contributed by atoms with Crippen LogP contribution in [0.15, 0.2) is 0 Å². The van der Waals surface area contributed by atoms with E-state index >= 15 is 0 Å². The van der Waals surface area contributed by atoms with E-state index in [0.29, 0.717) is 0 Å². The first kappa shape index (κ1) is 5.31. The molecule has 0 rings (SSSR count). The molecule has 0 amide bonds. The van der Waals surface area contributed by atoms with Crippen LogP contribution in [0.25, 0.3) is 0 Å². The number of rotatable bonds is 1. The molecule has 0 radical (unpaired) electrons. The lowest BCUT2D eigenvalue weighted by atomic mass is 10.6. The van der Waals surface area contributed by atoms with Gasteiger partial charge in [-0.25, -0.2) is 0 Å². The highest BCUT2D eigenvalue weighted by atomic mass is 32.8. The van der Waals surface area contributed by atoms with Crippen LogP contribution in [-0.4, -0.2) is 5.37 Å². The molecule has 0 aromatic rings. The molecule has 2 heteroatoms. The molecule has 0 saturated heterocycles. The van der Waals surface area contributed by atoms with E-state index in [1.54, 1.807) is 0 Å². The van der Waals surface area contributed by atoms with Crippen molar-refractivity contribution in [2.75, 3.05) is 0 Å². The summed E-state index contributed by atoms with van der Waals surface area (Å²) in [5.74, 6) is 0. The van der Waals surface area contributed by atoms with Crippen molar-refractivity contribution >= 4 is 26.5 Å². The van der Waals surface area contributed by atoms with Crippen LogP contribution in [0.1, 0.15) is 13.3 Å². The SMILES string of the molecule is CCC=S=S. The van der Waals surface area contributed by atoms with Gasteiger partial charge in [-0.15, -0.1) is 0 Å². The first-order valence-corrected chi connectivity index (χ1v) is 3.32. The smallest absolute Gasteiger partial charge is 0.0128 e. The van der Waals surface area contributed by atoms with Crippen molar-refractivity contribution in [3.05, 3.63) is 0 Å². The van der Waals surface area contributed by atoms with Crippen molar-refractivity contribution in [3.63, 3.8) is 0 Å². The average Bonchev–Trinajstić information content (AvgIpc) is 1.41. The van der Waals surface area contributed by atoms with Gasteiger partial charge in [-0.05, 0) is 23.0 Å². The number of hydrogen-bond donors (Lipinski definition) is 0. The molecular formula is C3H6S2. The van der Waals surface area contributed by atoms with Crippen molar-refractivity contribution in [2.24, 2.45) is 0 Å². The van der Waals surface area contributed by atoms with Crippen LogP contribution in [0.5, 0.6) is 0 Å². The van der Waals surface area contributed by atoms with Crippen LogP contribution >= 0.6 is 0 Å². The van der Waals surface area contributed by atoms with E-state index in [1.807, 2.05) is 5.37 Å². The van der Waals surface area contributed by atoms with Crippen LogP contribution in [0, 0.1) is 0 Å². The topological polar surface area (TPSA) is 0 Å². The molecule has 0 aromatic heterocycles. The van der Waals surface area contributed by atoms with Gasteiger partial charge in [-0.3, -0.25) is 0 Å². The zero-order valence-corrected chi connectivity index (χ0v) is 4.73. The first-order chi connectivity index (χ1) is 2.41. The maximum atomic E-state index is 4.51. The molecule has 0 heterocycles. The van der Waals surface area contributed by atoms with E-state index in [4.69, 9.17) is 0 Å². The lowest BCUT2D eigenvalue weighted by Gasteiger charge is -1.57. The van der Waals surface area contributed by atoms with Gasteiger partial charge in [0.05, 0.1) is 0 Å². The summed E-state index contributed by atoms with van der Waals surface area (Å²) in [6, 6.07) is 0. The van der Waals surface area contributed by atoms with E-state index in [0.717, 1.165) is 6.42 Å². The summed E-state index contributed by atoms with van der Waals surface area (Å²) in [4.78, 5) is 0. The predicted molar refractivity (Wildman–Crippen MR) is 31.1 cm³/mol. The minimum absolute atomic E-state index is 1.08. The molecule has 0 atom stereocenters. The Balaban J connectivity index is 2.93. The highest BCUT2D eigenvalue weighted by molar-refractivity contribution is 8.16. The summed E-state index contributed by atoms with van der Waals surface area (Å²) in [5.41, 5.74) is 0. The molecule has 0 aliphatic carbocycles. The maximum absolute atomic E-state index is 4.51.